The molecule has 1 unspecified atom stereocenters. The fourth-order valence-electron chi connectivity index (χ4n) is 1.73. The lowest BCUT2D eigenvalue weighted by atomic mass is 10.0. The summed E-state index contributed by atoms with van der Waals surface area (Å²) in [5, 5.41) is 9.18. The minimum Gasteiger partial charge on any atom is -0.480 e. The van der Waals surface area contributed by atoms with Crippen LogP contribution in [0.2, 0.25) is 0 Å². The SMILES string of the molecule is COCCN(C(C)C)C(C(=O)O)C(C)C. The van der Waals surface area contributed by atoms with E-state index in [-0.39, 0.29) is 12.0 Å². The predicted octanol–water partition coefficient (Wildman–Crippen LogP) is 1.45. The van der Waals surface area contributed by atoms with Crippen molar-refractivity contribution in [3.8, 4) is 0 Å². The van der Waals surface area contributed by atoms with Gasteiger partial charge in [0.1, 0.15) is 6.04 Å². The van der Waals surface area contributed by atoms with E-state index in [0.717, 1.165) is 0 Å². The number of rotatable bonds is 7. The van der Waals surface area contributed by atoms with Crippen molar-refractivity contribution >= 4 is 5.97 Å². The number of aliphatic carboxylic acids is 1. The Labute approximate surface area is 92.2 Å². The van der Waals surface area contributed by atoms with Gasteiger partial charge in [0.05, 0.1) is 6.61 Å². The summed E-state index contributed by atoms with van der Waals surface area (Å²) in [7, 11) is 1.63. The number of methoxy groups -OCH3 is 1. The zero-order valence-electron chi connectivity index (χ0n) is 10.4. The summed E-state index contributed by atoms with van der Waals surface area (Å²) in [5.74, 6) is -0.656. The Morgan fingerprint density at radius 1 is 1.33 bits per heavy atom. The number of hydrogen-bond acceptors (Lipinski definition) is 3. The Kier molecular flexibility index (Phi) is 6.52. The second-order valence-electron chi connectivity index (χ2n) is 4.35. The zero-order valence-corrected chi connectivity index (χ0v) is 10.4. The van der Waals surface area contributed by atoms with Crippen LogP contribution < -0.4 is 0 Å². The van der Waals surface area contributed by atoms with Crippen LogP contribution in [0, 0.1) is 5.92 Å². The first kappa shape index (κ1) is 14.4. The third-order valence-corrected chi connectivity index (χ3v) is 2.46. The van der Waals surface area contributed by atoms with E-state index in [1.54, 1.807) is 7.11 Å². The predicted molar refractivity (Wildman–Crippen MR) is 60.0 cm³/mol. The molecule has 0 fully saturated rings. The molecule has 0 aromatic carbocycles. The first-order valence-corrected chi connectivity index (χ1v) is 5.39. The van der Waals surface area contributed by atoms with Gasteiger partial charge < -0.3 is 9.84 Å². The molecule has 0 rings (SSSR count). The van der Waals surface area contributed by atoms with E-state index in [1.807, 2.05) is 32.6 Å². The molecule has 0 aromatic rings. The zero-order chi connectivity index (χ0) is 12.0. The summed E-state index contributed by atoms with van der Waals surface area (Å²) in [6, 6.07) is -0.219. The molecule has 0 bridgehead atoms. The molecule has 1 atom stereocenters. The van der Waals surface area contributed by atoms with Gasteiger partial charge in [-0.1, -0.05) is 13.8 Å². The molecule has 1 N–H and O–H groups in total. The van der Waals surface area contributed by atoms with Gasteiger partial charge in [-0.2, -0.15) is 0 Å². The van der Waals surface area contributed by atoms with Gasteiger partial charge in [-0.25, -0.2) is 0 Å². The van der Waals surface area contributed by atoms with Crippen molar-refractivity contribution in [1.29, 1.82) is 0 Å². The molecule has 4 heteroatoms. The average molecular weight is 217 g/mol. The topological polar surface area (TPSA) is 49.8 Å². The summed E-state index contributed by atoms with van der Waals surface area (Å²) in [6.45, 7) is 9.10. The summed E-state index contributed by atoms with van der Waals surface area (Å²) < 4.78 is 5.00. The molecule has 4 nitrogen and oxygen atoms in total. The fourth-order valence-corrected chi connectivity index (χ4v) is 1.73. The first-order chi connectivity index (χ1) is 6.91. The summed E-state index contributed by atoms with van der Waals surface area (Å²) in [6.07, 6.45) is 0. The normalized spacial score (nSPS) is 13.9. The Hall–Kier alpha value is -0.610. The van der Waals surface area contributed by atoms with E-state index in [4.69, 9.17) is 4.74 Å². The second-order valence-corrected chi connectivity index (χ2v) is 4.35. The fraction of sp³-hybridized carbons (Fsp3) is 0.909. The van der Waals surface area contributed by atoms with E-state index >= 15 is 0 Å². The average Bonchev–Trinajstić information content (AvgIpc) is 2.09. The van der Waals surface area contributed by atoms with Gasteiger partial charge in [0.15, 0.2) is 0 Å². The number of hydrogen-bond donors (Lipinski definition) is 1. The molecule has 0 aliphatic rings. The quantitative estimate of drug-likeness (QED) is 0.701. The van der Waals surface area contributed by atoms with Crippen LogP contribution in [0.3, 0.4) is 0 Å². The minimum absolute atomic E-state index is 0.0988. The van der Waals surface area contributed by atoms with Crippen LogP contribution in [-0.2, 0) is 9.53 Å². The van der Waals surface area contributed by atoms with Crippen LogP contribution in [0.25, 0.3) is 0 Å². The van der Waals surface area contributed by atoms with Crippen molar-refractivity contribution < 1.29 is 14.6 Å². The smallest absolute Gasteiger partial charge is 0.321 e. The Morgan fingerprint density at radius 2 is 1.87 bits per heavy atom. The molecule has 0 aliphatic carbocycles. The van der Waals surface area contributed by atoms with Crippen molar-refractivity contribution in [3.05, 3.63) is 0 Å². The standard InChI is InChI=1S/C11H23NO3/c1-8(2)10(11(13)14)12(9(3)4)6-7-15-5/h8-10H,6-7H2,1-5H3,(H,13,14). The molecular formula is C11H23NO3. The number of carbonyl (C=O) groups is 1. The maximum atomic E-state index is 11.2. The Morgan fingerprint density at radius 3 is 2.13 bits per heavy atom. The minimum atomic E-state index is -0.755. The van der Waals surface area contributed by atoms with E-state index in [0.29, 0.717) is 13.2 Å². The van der Waals surface area contributed by atoms with Crippen LogP contribution in [-0.4, -0.2) is 48.3 Å². The van der Waals surface area contributed by atoms with Crippen molar-refractivity contribution in [2.75, 3.05) is 20.3 Å². The largest absolute Gasteiger partial charge is 0.480 e. The number of carboxylic acid groups (broad SMARTS) is 1. The first-order valence-electron chi connectivity index (χ1n) is 5.39. The molecule has 0 aliphatic heterocycles. The molecule has 0 saturated heterocycles. The maximum Gasteiger partial charge on any atom is 0.321 e. The number of carboxylic acids is 1. The monoisotopic (exact) mass is 217 g/mol. The van der Waals surface area contributed by atoms with Crippen LogP contribution in [0.15, 0.2) is 0 Å². The number of nitrogens with zero attached hydrogens (tertiary/aromatic N) is 1. The van der Waals surface area contributed by atoms with E-state index < -0.39 is 12.0 Å². The molecule has 15 heavy (non-hydrogen) atoms. The lowest BCUT2D eigenvalue weighted by molar-refractivity contribution is -0.146. The maximum absolute atomic E-state index is 11.2. The Balaban J connectivity index is 4.60. The van der Waals surface area contributed by atoms with Gasteiger partial charge in [0.25, 0.3) is 0 Å². The summed E-state index contributed by atoms with van der Waals surface area (Å²) >= 11 is 0. The van der Waals surface area contributed by atoms with Crippen molar-refractivity contribution in [2.24, 2.45) is 5.92 Å². The molecule has 0 spiro atoms. The van der Waals surface area contributed by atoms with Crippen molar-refractivity contribution in [1.82, 2.24) is 4.90 Å². The van der Waals surface area contributed by atoms with E-state index in [9.17, 15) is 9.90 Å². The molecule has 0 saturated carbocycles. The lowest BCUT2D eigenvalue weighted by Gasteiger charge is -2.34. The van der Waals surface area contributed by atoms with Crippen molar-refractivity contribution in [2.45, 2.75) is 39.8 Å². The van der Waals surface area contributed by atoms with Gasteiger partial charge in [-0.15, -0.1) is 0 Å². The van der Waals surface area contributed by atoms with E-state index in [1.165, 1.54) is 0 Å². The molecule has 0 heterocycles. The van der Waals surface area contributed by atoms with Crippen molar-refractivity contribution in [3.63, 3.8) is 0 Å². The Bertz CT molecular complexity index is 192. The molecular weight excluding hydrogens is 194 g/mol. The van der Waals surface area contributed by atoms with E-state index in [2.05, 4.69) is 0 Å². The molecule has 0 radical (unpaired) electrons. The highest BCUT2D eigenvalue weighted by Crippen LogP contribution is 2.14. The highest BCUT2D eigenvalue weighted by Gasteiger charge is 2.29. The van der Waals surface area contributed by atoms with Gasteiger partial charge >= 0.3 is 5.97 Å². The second kappa shape index (κ2) is 6.80. The third-order valence-electron chi connectivity index (χ3n) is 2.46. The van der Waals surface area contributed by atoms with Crippen LogP contribution in [0.5, 0.6) is 0 Å². The highest BCUT2D eigenvalue weighted by molar-refractivity contribution is 5.73. The molecule has 0 aromatic heterocycles. The molecule has 0 amide bonds. The van der Waals surface area contributed by atoms with Crippen LogP contribution in [0.1, 0.15) is 27.7 Å². The summed E-state index contributed by atoms with van der Waals surface area (Å²) in [4.78, 5) is 13.1. The lowest BCUT2D eigenvalue weighted by Crippen LogP contribution is -2.49. The molecule has 90 valence electrons. The van der Waals surface area contributed by atoms with Gasteiger partial charge in [0.2, 0.25) is 0 Å². The number of ether oxygens (including phenoxy) is 1. The summed E-state index contributed by atoms with van der Waals surface area (Å²) in [5.41, 5.74) is 0. The third kappa shape index (κ3) is 4.62. The van der Waals surface area contributed by atoms with Gasteiger partial charge in [-0.3, -0.25) is 9.69 Å². The van der Waals surface area contributed by atoms with Gasteiger partial charge in [-0.05, 0) is 19.8 Å². The van der Waals surface area contributed by atoms with Gasteiger partial charge in [0, 0.05) is 19.7 Å². The van der Waals surface area contributed by atoms with Crippen LogP contribution in [0.4, 0.5) is 0 Å². The van der Waals surface area contributed by atoms with Crippen LogP contribution >= 0.6 is 0 Å². The highest BCUT2D eigenvalue weighted by atomic mass is 16.5.